The second-order valence-corrected chi connectivity index (χ2v) is 6.33. The number of anilines is 2. The molecule has 1 unspecified atom stereocenters. The molecule has 0 radical (unpaired) electrons. The van der Waals surface area contributed by atoms with Crippen LogP contribution < -0.4 is 15.8 Å². The van der Waals surface area contributed by atoms with Gasteiger partial charge in [0.05, 0.1) is 18.7 Å². The van der Waals surface area contributed by atoms with Crippen LogP contribution in [0.15, 0.2) is 18.2 Å². The van der Waals surface area contributed by atoms with Crippen molar-refractivity contribution in [3.63, 3.8) is 0 Å². The van der Waals surface area contributed by atoms with E-state index in [1.54, 1.807) is 25.3 Å². The molecule has 23 heavy (non-hydrogen) atoms. The highest BCUT2D eigenvalue weighted by molar-refractivity contribution is 5.97. The first-order valence-corrected chi connectivity index (χ1v) is 8.12. The van der Waals surface area contributed by atoms with Crippen molar-refractivity contribution < 1.29 is 14.3 Å². The smallest absolute Gasteiger partial charge is 0.229 e. The third kappa shape index (κ3) is 3.25. The maximum atomic E-state index is 12.4. The largest absolute Gasteiger partial charge is 0.495 e. The molecule has 2 fully saturated rings. The number of nitrogens with two attached hydrogens (primary N) is 1. The number of nitrogen functional groups attached to an aromatic ring is 1. The Morgan fingerprint density at radius 1 is 1.35 bits per heavy atom. The number of rotatable bonds is 4. The van der Waals surface area contributed by atoms with Crippen molar-refractivity contribution in [1.29, 1.82) is 0 Å². The maximum absolute atomic E-state index is 12.4. The highest BCUT2D eigenvalue weighted by Crippen LogP contribution is 2.30. The van der Waals surface area contributed by atoms with E-state index in [4.69, 9.17) is 10.5 Å². The van der Waals surface area contributed by atoms with Crippen LogP contribution in [0.5, 0.6) is 5.75 Å². The van der Waals surface area contributed by atoms with Crippen molar-refractivity contribution in [2.75, 3.05) is 24.7 Å². The number of likely N-dealkylation sites (tertiary alicyclic amines) is 1. The van der Waals surface area contributed by atoms with E-state index in [0.717, 1.165) is 12.8 Å². The van der Waals surface area contributed by atoms with Gasteiger partial charge in [-0.1, -0.05) is 12.8 Å². The lowest BCUT2D eigenvalue weighted by Crippen LogP contribution is -2.35. The molecule has 1 aromatic carbocycles. The van der Waals surface area contributed by atoms with Gasteiger partial charge in [0.15, 0.2) is 0 Å². The van der Waals surface area contributed by atoms with Crippen LogP contribution in [0.25, 0.3) is 0 Å². The Morgan fingerprint density at radius 3 is 2.74 bits per heavy atom. The topological polar surface area (TPSA) is 84.7 Å². The SMILES string of the molecule is COc1ccc(NC(=O)C2CC(=O)N(C3CCCC3)C2)cc1N. The van der Waals surface area contributed by atoms with Crippen LogP contribution in [0.3, 0.4) is 0 Å². The lowest BCUT2D eigenvalue weighted by atomic mass is 10.1. The summed E-state index contributed by atoms with van der Waals surface area (Å²) < 4.78 is 5.10. The Hall–Kier alpha value is -2.24. The number of methoxy groups -OCH3 is 1. The molecular formula is C17H23N3O3. The Kier molecular flexibility index (Phi) is 4.41. The average Bonchev–Trinajstić information content (AvgIpc) is 3.16. The highest BCUT2D eigenvalue weighted by Gasteiger charge is 2.38. The third-order valence-corrected chi connectivity index (χ3v) is 4.79. The molecule has 6 heteroatoms. The zero-order valence-corrected chi connectivity index (χ0v) is 13.4. The third-order valence-electron chi connectivity index (χ3n) is 4.79. The number of carbonyl (C=O) groups excluding carboxylic acids is 2. The molecule has 6 nitrogen and oxygen atoms in total. The molecule has 0 bridgehead atoms. The molecule has 1 saturated carbocycles. The fraction of sp³-hybridized carbons (Fsp3) is 0.529. The van der Waals surface area contributed by atoms with Gasteiger partial charge in [0, 0.05) is 24.7 Å². The van der Waals surface area contributed by atoms with Gasteiger partial charge in [-0.15, -0.1) is 0 Å². The quantitative estimate of drug-likeness (QED) is 0.832. The number of hydrogen-bond donors (Lipinski definition) is 2. The summed E-state index contributed by atoms with van der Waals surface area (Å²) in [7, 11) is 1.55. The van der Waals surface area contributed by atoms with Crippen LogP contribution in [0.1, 0.15) is 32.1 Å². The van der Waals surface area contributed by atoms with Crippen molar-refractivity contribution in [1.82, 2.24) is 4.90 Å². The zero-order valence-electron chi connectivity index (χ0n) is 13.4. The molecule has 3 N–H and O–H groups in total. The summed E-state index contributed by atoms with van der Waals surface area (Å²) in [6.07, 6.45) is 4.78. The minimum atomic E-state index is -0.286. The number of nitrogens with zero attached hydrogens (tertiary/aromatic N) is 1. The van der Waals surface area contributed by atoms with Crippen molar-refractivity contribution >= 4 is 23.2 Å². The van der Waals surface area contributed by atoms with E-state index in [2.05, 4.69) is 5.32 Å². The van der Waals surface area contributed by atoms with E-state index in [9.17, 15) is 9.59 Å². The summed E-state index contributed by atoms with van der Waals surface area (Å²) in [5, 5.41) is 2.85. The van der Waals surface area contributed by atoms with Gasteiger partial charge in [-0.2, -0.15) is 0 Å². The summed E-state index contributed by atoms with van der Waals surface area (Å²) in [6.45, 7) is 0.529. The van der Waals surface area contributed by atoms with Crippen molar-refractivity contribution in [2.45, 2.75) is 38.1 Å². The molecule has 1 heterocycles. The van der Waals surface area contributed by atoms with Gasteiger partial charge in [-0.25, -0.2) is 0 Å². The zero-order chi connectivity index (χ0) is 16.4. The monoisotopic (exact) mass is 317 g/mol. The fourth-order valence-corrected chi connectivity index (χ4v) is 3.53. The Labute approximate surface area is 136 Å². The molecule has 2 aliphatic rings. The molecule has 1 saturated heterocycles. The molecule has 3 rings (SSSR count). The van der Waals surface area contributed by atoms with Gasteiger partial charge in [0.2, 0.25) is 11.8 Å². The lowest BCUT2D eigenvalue weighted by Gasteiger charge is -2.23. The van der Waals surface area contributed by atoms with Crippen LogP contribution in [0.2, 0.25) is 0 Å². The average molecular weight is 317 g/mol. The maximum Gasteiger partial charge on any atom is 0.229 e. The Bertz CT molecular complexity index is 611. The standard InChI is InChI=1S/C17H23N3O3/c1-23-15-7-6-12(9-14(15)18)19-17(22)11-8-16(21)20(10-11)13-4-2-3-5-13/h6-7,9,11,13H,2-5,8,10,18H2,1H3,(H,19,22). The van der Waals surface area contributed by atoms with Crippen LogP contribution in [0, 0.1) is 5.92 Å². The summed E-state index contributed by atoms with van der Waals surface area (Å²) in [6, 6.07) is 5.47. The first-order chi connectivity index (χ1) is 11.1. The van der Waals surface area contributed by atoms with Crippen LogP contribution in [-0.4, -0.2) is 36.4 Å². The fourth-order valence-electron chi connectivity index (χ4n) is 3.53. The predicted molar refractivity (Wildman–Crippen MR) is 88.1 cm³/mol. The van der Waals surface area contributed by atoms with E-state index < -0.39 is 0 Å². The number of amides is 2. The van der Waals surface area contributed by atoms with Crippen LogP contribution in [0.4, 0.5) is 11.4 Å². The summed E-state index contributed by atoms with van der Waals surface area (Å²) >= 11 is 0. The van der Waals surface area contributed by atoms with Crippen molar-refractivity contribution in [2.24, 2.45) is 5.92 Å². The Morgan fingerprint density at radius 2 is 2.09 bits per heavy atom. The molecule has 0 aromatic heterocycles. The Balaban J connectivity index is 1.62. The number of benzene rings is 1. The number of nitrogens with one attached hydrogen (secondary N) is 1. The van der Waals surface area contributed by atoms with Gasteiger partial charge in [-0.05, 0) is 31.0 Å². The second-order valence-electron chi connectivity index (χ2n) is 6.33. The molecular weight excluding hydrogens is 294 g/mol. The van der Waals surface area contributed by atoms with Gasteiger partial charge in [-0.3, -0.25) is 9.59 Å². The van der Waals surface area contributed by atoms with Gasteiger partial charge in [0.1, 0.15) is 5.75 Å². The number of hydrogen-bond acceptors (Lipinski definition) is 4. The van der Waals surface area contributed by atoms with E-state index in [0.29, 0.717) is 36.1 Å². The number of ether oxygens (including phenoxy) is 1. The minimum Gasteiger partial charge on any atom is -0.495 e. The molecule has 1 aromatic rings. The van der Waals surface area contributed by atoms with E-state index in [1.807, 2.05) is 4.90 Å². The first kappa shape index (κ1) is 15.6. The molecule has 0 spiro atoms. The summed E-state index contributed by atoms with van der Waals surface area (Å²) in [5.74, 6) is 0.271. The summed E-state index contributed by atoms with van der Waals surface area (Å²) in [5.41, 5.74) is 6.95. The highest BCUT2D eigenvalue weighted by atomic mass is 16.5. The molecule has 1 aliphatic heterocycles. The van der Waals surface area contributed by atoms with Crippen molar-refractivity contribution in [3.05, 3.63) is 18.2 Å². The van der Waals surface area contributed by atoms with E-state index in [1.165, 1.54) is 12.8 Å². The van der Waals surface area contributed by atoms with Gasteiger partial charge >= 0.3 is 0 Å². The van der Waals surface area contributed by atoms with Crippen LogP contribution >= 0.6 is 0 Å². The minimum absolute atomic E-state index is 0.103. The normalized spacial score (nSPS) is 21.7. The summed E-state index contributed by atoms with van der Waals surface area (Å²) in [4.78, 5) is 26.5. The first-order valence-electron chi connectivity index (χ1n) is 8.12. The van der Waals surface area contributed by atoms with E-state index >= 15 is 0 Å². The molecule has 124 valence electrons. The predicted octanol–water partition coefficient (Wildman–Crippen LogP) is 2.01. The number of carbonyl (C=O) groups is 2. The van der Waals surface area contributed by atoms with Crippen molar-refractivity contribution in [3.8, 4) is 5.75 Å². The molecule has 1 atom stereocenters. The molecule has 2 amide bonds. The molecule has 1 aliphatic carbocycles. The van der Waals surface area contributed by atoms with Gasteiger partial charge < -0.3 is 20.7 Å². The lowest BCUT2D eigenvalue weighted by molar-refractivity contribution is -0.129. The van der Waals surface area contributed by atoms with Gasteiger partial charge in [0.25, 0.3) is 0 Å². The second kappa shape index (κ2) is 6.48. The van der Waals surface area contributed by atoms with E-state index in [-0.39, 0.29) is 17.7 Å². The van der Waals surface area contributed by atoms with Crippen LogP contribution in [-0.2, 0) is 9.59 Å².